The average molecular weight is 245 g/mol. The van der Waals surface area contributed by atoms with Crippen molar-refractivity contribution in [2.75, 3.05) is 9.66 Å². The molecular weight excluding hydrogens is 237 g/mol. The summed E-state index contributed by atoms with van der Waals surface area (Å²) in [4.78, 5) is 0. The highest BCUT2D eigenvalue weighted by atomic mass is 127. The molecule has 0 atom stereocenters. The van der Waals surface area contributed by atoms with E-state index < -0.39 is 0 Å². The summed E-state index contributed by atoms with van der Waals surface area (Å²) in [6.45, 7) is 1.17. The summed E-state index contributed by atoms with van der Waals surface area (Å²) >= 11 is 2.36. The van der Waals surface area contributed by atoms with Crippen LogP contribution in [0.5, 0.6) is 0 Å². The van der Waals surface area contributed by atoms with Crippen LogP contribution in [0.15, 0.2) is 24.3 Å². The third-order valence-corrected chi connectivity index (χ3v) is 2.83. The van der Waals surface area contributed by atoms with Crippen LogP contribution < -0.4 is 3.11 Å². The fraction of sp³-hybridized carbons (Fsp3) is 0.250. The Morgan fingerprint density at radius 2 is 2.10 bits per heavy atom. The number of nitrogens with zero attached hydrogens (tertiary/aromatic N) is 1. The van der Waals surface area contributed by atoms with Crippen molar-refractivity contribution in [3.63, 3.8) is 0 Å². The van der Waals surface area contributed by atoms with Crippen LogP contribution in [0.1, 0.15) is 5.56 Å². The first-order valence-electron chi connectivity index (χ1n) is 3.39. The van der Waals surface area contributed by atoms with Gasteiger partial charge in [-0.1, -0.05) is 18.2 Å². The van der Waals surface area contributed by atoms with Crippen LogP contribution in [-0.2, 0) is 6.42 Å². The van der Waals surface area contributed by atoms with Gasteiger partial charge in [-0.2, -0.15) is 0 Å². The molecule has 1 nitrogen and oxygen atoms in total. The first kappa shape index (κ1) is 6.46. The molecule has 2 rings (SSSR count). The maximum absolute atomic E-state index is 2.36. The Morgan fingerprint density at radius 1 is 1.30 bits per heavy atom. The van der Waals surface area contributed by atoms with Crippen molar-refractivity contribution < 1.29 is 0 Å². The molecule has 52 valence electrons. The fourth-order valence-electron chi connectivity index (χ4n) is 1.30. The van der Waals surface area contributed by atoms with Crippen molar-refractivity contribution in [2.24, 2.45) is 0 Å². The van der Waals surface area contributed by atoms with Gasteiger partial charge in [0.1, 0.15) is 0 Å². The predicted octanol–water partition coefficient (Wildman–Crippen LogP) is 2.40. The Labute approximate surface area is 74.5 Å². The summed E-state index contributed by atoms with van der Waals surface area (Å²) in [7, 11) is 0. The van der Waals surface area contributed by atoms with Gasteiger partial charge in [-0.3, -0.25) is 0 Å². The molecule has 1 aliphatic heterocycles. The van der Waals surface area contributed by atoms with Gasteiger partial charge in [0.25, 0.3) is 0 Å². The van der Waals surface area contributed by atoms with E-state index in [1.807, 2.05) is 0 Å². The topological polar surface area (TPSA) is 3.24 Å². The zero-order chi connectivity index (χ0) is 6.97. The molecule has 0 saturated heterocycles. The van der Waals surface area contributed by atoms with Gasteiger partial charge in [0.05, 0.1) is 22.9 Å². The molecule has 0 radical (unpaired) electrons. The number of hydrogen-bond acceptors (Lipinski definition) is 1. The zero-order valence-electron chi connectivity index (χ0n) is 5.55. The van der Waals surface area contributed by atoms with E-state index in [0.717, 1.165) is 0 Å². The summed E-state index contributed by atoms with van der Waals surface area (Å²) in [5, 5.41) is 0. The summed E-state index contributed by atoms with van der Waals surface area (Å²) in [6.07, 6.45) is 1.21. The Kier molecular flexibility index (Phi) is 1.56. The first-order chi connectivity index (χ1) is 4.88. The van der Waals surface area contributed by atoms with Crippen LogP contribution in [0.2, 0.25) is 0 Å². The molecule has 10 heavy (non-hydrogen) atoms. The average Bonchev–Trinajstić information content (AvgIpc) is 2.34. The van der Waals surface area contributed by atoms with Crippen molar-refractivity contribution in [2.45, 2.75) is 6.42 Å². The number of rotatable bonds is 0. The molecule has 0 amide bonds. The molecule has 1 aliphatic rings. The van der Waals surface area contributed by atoms with Crippen LogP contribution in [0.3, 0.4) is 0 Å². The van der Waals surface area contributed by atoms with Gasteiger partial charge in [0, 0.05) is 12.2 Å². The molecule has 0 aliphatic carbocycles. The van der Waals surface area contributed by atoms with Crippen molar-refractivity contribution in [1.29, 1.82) is 0 Å². The molecule has 0 fully saturated rings. The van der Waals surface area contributed by atoms with Crippen molar-refractivity contribution in [3.05, 3.63) is 29.8 Å². The normalized spacial score (nSPS) is 15.5. The molecule has 1 aromatic carbocycles. The van der Waals surface area contributed by atoms with Gasteiger partial charge in [-0.15, -0.1) is 0 Å². The SMILES string of the molecule is IN1CCc2ccccc21. The van der Waals surface area contributed by atoms with Crippen LogP contribution in [0.4, 0.5) is 5.69 Å². The highest BCUT2D eigenvalue weighted by Crippen LogP contribution is 2.29. The van der Waals surface area contributed by atoms with Gasteiger partial charge in [-0.25, -0.2) is 0 Å². The quantitative estimate of drug-likeness (QED) is 0.501. The van der Waals surface area contributed by atoms with Crippen molar-refractivity contribution >= 4 is 28.6 Å². The van der Waals surface area contributed by atoms with Gasteiger partial charge in [-0.05, 0) is 18.1 Å². The Bertz CT molecular complexity index is 247. The van der Waals surface area contributed by atoms with E-state index in [9.17, 15) is 0 Å². The molecule has 0 spiro atoms. The van der Waals surface area contributed by atoms with E-state index in [2.05, 4.69) is 50.2 Å². The molecule has 2 heteroatoms. The summed E-state index contributed by atoms with van der Waals surface area (Å²) in [5.74, 6) is 0. The number of halogens is 1. The molecule has 0 N–H and O–H groups in total. The molecular formula is C8H8IN. The van der Waals surface area contributed by atoms with Gasteiger partial charge in [0.15, 0.2) is 0 Å². The lowest BCUT2D eigenvalue weighted by Gasteiger charge is -2.06. The molecule has 0 unspecified atom stereocenters. The number of anilines is 1. The second-order valence-electron chi connectivity index (χ2n) is 2.46. The molecule has 1 heterocycles. The summed E-state index contributed by atoms with van der Waals surface area (Å²) in [5.41, 5.74) is 2.88. The van der Waals surface area contributed by atoms with Crippen LogP contribution in [0.25, 0.3) is 0 Å². The van der Waals surface area contributed by atoms with Gasteiger partial charge in [0.2, 0.25) is 0 Å². The Balaban J connectivity index is 2.51. The van der Waals surface area contributed by atoms with E-state index in [1.54, 1.807) is 0 Å². The van der Waals surface area contributed by atoms with Crippen molar-refractivity contribution in [3.8, 4) is 0 Å². The lowest BCUT2D eigenvalue weighted by Crippen LogP contribution is -2.02. The fourth-order valence-corrected chi connectivity index (χ4v) is 2.01. The highest BCUT2D eigenvalue weighted by molar-refractivity contribution is 14.1. The molecule has 0 bridgehead atoms. The van der Waals surface area contributed by atoms with E-state index in [-0.39, 0.29) is 0 Å². The smallest absolute Gasteiger partial charge is 0.0591 e. The maximum Gasteiger partial charge on any atom is 0.0591 e. The third-order valence-electron chi connectivity index (χ3n) is 1.83. The van der Waals surface area contributed by atoms with Gasteiger partial charge >= 0.3 is 0 Å². The van der Waals surface area contributed by atoms with Crippen molar-refractivity contribution in [1.82, 2.24) is 0 Å². The van der Waals surface area contributed by atoms with Crippen LogP contribution in [-0.4, -0.2) is 6.54 Å². The summed E-state index contributed by atoms with van der Waals surface area (Å²) in [6, 6.07) is 8.58. The summed E-state index contributed by atoms with van der Waals surface area (Å²) < 4.78 is 2.27. The lowest BCUT2D eigenvalue weighted by molar-refractivity contribution is 1.07. The maximum atomic E-state index is 2.36. The zero-order valence-corrected chi connectivity index (χ0v) is 7.71. The third kappa shape index (κ3) is 0.905. The molecule has 0 aromatic heterocycles. The van der Waals surface area contributed by atoms with Crippen LogP contribution >= 0.6 is 22.9 Å². The minimum Gasteiger partial charge on any atom is -0.314 e. The number of hydrogen-bond donors (Lipinski definition) is 0. The minimum atomic E-state index is 1.17. The van der Waals surface area contributed by atoms with Gasteiger partial charge < -0.3 is 3.11 Å². The molecule has 0 saturated carbocycles. The largest absolute Gasteiger partial charge is 0.314 e. The highest BCUT2D eigenvalue weighted by Gasteiger charge is 2.14. The van der Waals surface area contributed by atoms with E-state index >= 15 is 0 Å². The number of benzene rings is 1. The first-order valence-corrected chi connectivity index (χ1v) is 4.35. The number of fused-ring (bicyclic) bond motifs is 1. The van der Waals surface area contributed by atoms with E-state index in [4.69, 9.17) is 0 Å². The van der Waals surface area contributed by atoms with Crippen LogP contribution in [0, 0.1) is 0 Å². The Hall–Kier alpha value is -0.250. The van der Waals surface area contributed by atoms with E-state index in [1.165, 1.54) is 24.2 Å². The molecule has 1 aromatic rings. The lowest BCUT2D eigenvalue weighted by atomic mass is 10.2. The monoisotopic (exact) mass is 245 g/mol. The second-order valence-corrected chi connectivity index (χ2v) is 3.63. The number of para-hydroxylation sites is 1. The van der Waals surface area contributed by atoms with E-state index in [0.29, 0.717) is 0 Å². The Morgan fingerprint density at radius 3 is 2.90 bits per heavy atom. The standard InChI is InChI=1S/C8H8IN/c9-10-6-5-7-3-1-2-4-8(7)10/h1-4H,5-6H2. The minimum absolute atomic E-state index is 1.17. The second kappa shape index (κ2) is 2.42. The predicted molar refractivity (Wildman–Crippen MR) is 51.5 cm³/mol.